The number of rotatable bonds is 11. The number of hydrogen-bond donors (Lipinski definition) is 1. The molecule has 1 unspecified atom stereocenters. The highest BCUT2D eigenvalue weighted by Gasteiger charge is 2.32. The van der Waals surface area contributed by atoms with Gasteiger partial charge in [0.1, 0.15) is 5.76 Å². The third kappa shape index (κ3) is 6.72. The summed E-state index contributed by atoms with van der Waals surface area (Å²) >= 11 is 0. The van der Waals surface area contributed by atoms with Crippen LogP contribution in [0.15, 0.2) is 64.9 Å². The highest BCUT2D eigenvalue weighted by Crippen LogP contribution is 2.34. The van der Waals surface area contributed by atoms with Gasteiger partial charge in [-0.15, -0.1) is 0 Å². The van der Waals surface area contributed by atoms with Gasteiger partial charge in [-0.05, 0) is 62.3 Å². The van der Waals surface area contributed by atoms with Crippen molar-refractivity contribution in [3.8, 4) is 11.5 Å². The molecule has 1 N–H and O–H groups in total. The van der Waals surface area contributed by atoms with E-state index in [0.717, 1.165) is 41.2 Å². The molecule has 1 aliphatic carbocycles. The van der Waals surface area contributed by atoms with Crippen molar-refractivity contribution in [1.29, 1.82) is 0 Å². The maximum Gasteiger partial charge on any atom is 0.168 e. The zero-order chi connectivity index (χ0) is 24.3. The van der Waals surface area contributed by atoms with Gasteiger partial charge in [-0.25, -0.2) is 0 Å². The van der Waals surface area contributed by atoms with Crippen molar-refractivity contribution in [1.82, 2.24) is 0 Å². The second-order valence-electron chi connectivity index (χ2n) is 8.59. The molecule has 0 bridgehead atoms. The number of hydrogen-bond acceptors (Lipinski definition) is 5. The summed E-state index contributed by atoms with van der Waals surface area (Å²) in [6.45, 7) is 7.68. The van der Waals surface area contributed by atoms with E-state index in [2.05, 4.69) is 19.1 Å². The van der Waals surface area contributed by atoms with Gasteiger partial charge in [0.25, 0.3) is 0 Å². The maximum atomic E-state index is 13.1. The average molecular weight is 464 g/mol. The number of unbranched alkanes of at least 4 members (excludes halogenated alkanes) is 1. The van der Waals surface area contributed by atoms with Crippen LogP contribution in [0.25, 0.3) is 0 Å². The molecule has 34 heavy (non-hydrogen) atoms. The molecular formula is C29H37NO4. The molecule has 1 saturated carbocycles. The van der Waals surface area contributed by atoms with Crippen LogP contribution in [0.5, 0.6) is 11.5 Å². The second-order valence-corrected chi connectivity index (χ2v) is 8.59. The van der Waals surface area contributed by atoms with E-state index in [0.29, 0.717) is 51.0 Å². The second kappa shape index (κ2) is 13.0. The minimum atomic E-state index is -0.00726. The van der Waals surface area contributed by atoms with E-state index in [4.69, 9.17) is 14.5 Å². The Morgan fingerprint density at radius 3 is 2.44 bits per heavy atom. The number of ketones is 1. The first-order valence-corrected chi connectivity index (χ1v) is 12.5. The van der Waals surface area contributed by atoms with Crippen LogP contribution in [-0.2, 0) is 11.2 Å². The highest BCUT2D eigenvalue weighted by molar-refractivity contribution is 6.24. The standard InChI is InChI=1S/C29H37NO4/c1-4-7-13-25(31)29-24(19-23(20-26(29)32)22-11-9-8-10-12-22)30-17-16-21-14-15-27(33-5-2)28(18-21)34-6-3/h8-12,14-15,18,23,31H,4-7,13,16-17,19-20H2,1-3H3. The SMILES string of the molecule is CCCCC(O)=C1C(=O)CC(c2ccccc2)CC1=NCCc1ccc(OCC)c(OCC)c1. The fourth-order valence-electron chi connectivity index (χ4n) is 4.37. The molecule has 2 aromatic carbocycles. The van der Waals surface area contributed by atoms with Crippen molar-refractivity contribution in [3.05, 3.63) is 71.0 Å². The third-order valence-electron chi connectivity index (χ3n) is 6.08. The molecule has 0 amide bonds. The zero-order valence-corrected chi connectivity index (χ0v) is 20.7. The fourth-order valence-corrected chi connectivity index (χ4v) is 4.37. The number of Topliss-reactive ketones (excluding diaryl/α,β-unsaturated/α-hetero) is 1. The number of aliphatic hydroxyl groups excluding tert-OH is 1. The molecule has 5 heteroatoms. The Morgan fingerprint density at radius 2 is 1.74 bits per heavy atom. The van der Waals surface area contributed by atoms with Crippen molar-refractivity contribution in [2.45, 2.75) is 65.2 Å². The monoisotopic (exact) mass is 463 g/mol. The number of nitrogens with zero attached hydrogens (tertiary/aromatic N) is 1. The van der Waals surface area contributed by atoms with E-state index in [-0.39, 0.29) is 17.5 Å². The van der Waals surface area contributed by atoms with Crippen molar-refractivity contribution in [2.75, 3.05) is 19.8 Å². The zero-order valence-electron chi connectivity index (χ0n) is 20.7. The summed E-state index contributed by atoms with van der Waals surface area (Å²) in [7, 11) is 0. The highest BCUT2D eigenvalue weighted by atomic mass is 16.5. The number of aliphatic imine (C=N–C) groups is 1. The smallest absolute Gasteiger partial charge is 0.168 e. The maximum absolute atomic E-state index is 13.1. The molecule has 0 heterocycles. The number of allylic oxidation sites excluding steroid dienone is 2. The van der Waals surface area contributed by atoms with Crippen LogP contribution in [0, 0.1) is 0 Å². The van der Waals surface area contributed by atoms with Crippen molar-refractivity contribution >= 4 is 11.5 Å². The Kier molecular flexibility index (Phi) is 9.75. The van der Waals surface area contributed by atoms with Crippen LogP contribution in [0.1, 0.15) is 69.9 Å². The van der Waals surface area contributed by atoms with Crippen LogP contribution in [0.3, 0.4) is 0 Å². The number of carbonyl (C=O) groups is 1. The van der Waals surface area contributed by atoms with Crippen LogP contribution < -0.4 is 9.47 Å². The van der Waals surface area contributed by atoms with E-state index in [1.165, 1.54) is 0 Å². The predicted molar refractivity (Wildman–Crippen MR) is 137 cm³/mol. The van der Waals surface area contributed by atoms with E-state index < -0.39 is 0 Å². The molecule has 3 rings (SSSR count). The summed E-state index contributed by atoms with van der Waals surface area (Å²) in [6.07, 6.45) is 4.11. The lowest BCUT2D eigenvalue weighted by Gasteiger charge is -2.26. The van der Waals surface area contributed by atoms with E-state index in [1.807, 2.05) is 50.2 Å². The summed E-state index contributed by atoms with van der Waals surface area (Å²) in [5.41, 5.74) is 3.42. The molecule has 1 aliphatic rings. The van der Waals surface area contributed by atoms with Gasteiger partial charge in [0.2, 0.25) is 0 Å². The van der Waals surface area contributed by atoms with Gasteiger partial charge < -0.3 is 14.6 Å². The number of benzene rings is 2. The average Bonchev–Trinajstić information content (AvgIpc) is 2.84. The number of carbonyl (C=O) groups excluding carboxylic acids is 1. The van der Waals surface area contributed by atoms with Crippen LogP contribution >= 0.6 is 0 Å². The lowest BCUT2D eigenvalue weighted by Crippen LogP contribution is -2.27. The van der Waals surface area contributed by atoms with Gasteiger partial charge >= 0.3 is 0 Å². The molecule has 0 saturated heterocycles. The topological polar surface area (TPSA) is 68.1 Å². The molecule has 1 atom stereocenters. The molecule has 5 nitrogen and oxygen atoms in total. The van der Waals surface area contributed by atoms with Crippen molar-refractivity contribution in [3.63, 3.8) is 0 Å². The Hall–Kier alpha value is -3.08. The minimum Gasteiger partial charge on any atom is -0.511 e. The predicted octanol–water partition coefficient (Wildman–Crippen LogP) is 6.62. The summed E-state index contributed by atoms with van der Waals surface area (Å²) in [5, 5.41) is 10.7. The summed E-state index contributed by atoms with van der Waals surface area (Å²) in [5.74, 6) is 1.76. The van der Waals surface area contributed by atoms with Gasteiger partial charge in [-0.1, -0.05) is 49.7 Å². The quantitative estimate of drug-likeness (QED) is 0.300. The summed E-state index contributed by atoms with van der Waals surface area (Å²) in [4.78, 5) is 18.0. The van der Waals surface area contributed by atoms with E-state index in [9.17, 15) is 9.90 Å². The van der Waals surface area contributed by atoms with Gasteiger partial charge in [0, 0.05) is 25.1 Å². The van der Waals surface area contributed by atoms with E-state index >= 15 is 0 Å². The van der Waals surface area contributed by atoms with Crippen molar-refractivity contribution < 1.29 is 19.4 Å². The molecule has 0 radical (unpaired) electrons. The molecule has 182 valence electrons. The van der Waals surface area contributed by atoms with Gasteiger partial charge in [0.05, 0.1) is 18.8 Å². The van der Waals surface area contributed by atoms with Gasteiger partial charge in [0.15, 0.2) is 17.3 Å². The number of ether oxygens (including phenoxy) is 2. The summed E-state index contributed by atoms with van der Waals surface area (Å²) < 4.78 is 11.4. The van der Waals surface area contributed by atoms with Crippen LogP contribution in [0.2, 0.25) is 0 Å². The van der Waals surface area contributed by atoms with E-state index in [1.54, 1.807) is 0 Å². The molecule has 0 spiro atoms. The largest absolute Gasteiger partial charge is 0.511 e. The lowest BCUT2D eigenvalue weighted by molar-refractivity contribution is -0.116. The first kappa shape index (κ1) is 25.5. The fraction of sp³-hybridized carbons (Fsp3) is 0.448. The normalized spacial score (nSPS) is 18.7. The Bertz CT molecular complexity index is 1010. The lowest BCUT2D eigenvalue weighted by atomic mass is 9.78. The Labute approximate surface area is 203 Å². The third-order valence-corrected chi connectivity index (χ3v) is 6.08. The minimum absolute atomic E-state index is 0.00726. The van der Waals surface area contributed by atoms with Crippen molar-refractivity contribution in [2.24, 2.45) is 4.99 Å². The van der Waals surface area contributed by atoms with Crippen LogP contribution in [-0.4, -0.2) is 36.4 Å². The molecule has 0 aliphatic heterocycles. The van der Waals surface area contributed by atoms with Crippen LogP contribution in [0.4, 0.5) is 0 Å². The molecule has 0 aromatic heterocycles. The Balaban J connectivity index is 1.82. The summed E-state index contributed by atoms with van der Waals surface area (Å²) in [6, 6.07) is 16.1. The first-order valence-electron chi connectivity index (χ1n) is 12.5. The van der Waals surface area contributed by atoms with Gasteiger partial charge in [-0.3, -0.25) is 9.79 Å². The first-order chi connectivity index (χ1) is 16.6. The molecular weight excluding hydrogens is 426 g/mol. The molecule has 1 fully saturated rings. The molecule has 2 aromatic rings. The van der Waals surface area contributed by atoms with Gasteiger partial charge in [-0.2, -0.15) is 0 Å². The Morgan fingerprint density at radius 1 is 1.00 bits per heavy atom. The number of aliphatic hydroxyl groups is 1.